The smallest absolute Gasteiger partial charge is 0.271 e. The molecule has 2 N–H and O–H groups in total. The Morgan fingerprint density at radius 1 is 0.926 bits per heavy atom. The van der Waals surface area contributed by atoms with E-state index in [4.69, 9.17) is 0 Å². The maximum atomic E-state index is 13.6. The van der Waals surface area contributed by atoms with Gasteiger partial charge in [-0.3, -0.25) is 4.79 Å². The SMILES string of the molecule is O=C(NCCCc1ccccc1)c1ccc(NCc2ccccc2F)nn1. The predicted molar refractivity (Wildman–Crippen MR) is 103 cm³/mol. The number of rotatable bonds is 8. The summed E-state index contributed by atoms with van der Waals surface area (Å²) in [6.07, 6.45) is 1.76. The van der Waals surface area contributed by atoms with Gasteiger partial charge in [-0.25, -0.2) is 4.39 Å². The van der Waals surface area contributed by atoms with Crippen LogP contribution in [0, 0.1) is 5.82 Å². The van der Waals surface area contributed by atoms with Crippen LogP contribution in [0.1, 0.15) is 28.0 Å². The van der Waals surface area contributed by atoms with E-state index in [1.165, 1.54) is 11.6 Å². The highest BCUT2D eigenvalue weighted by Crippen LogP contribution is 2.09. The number of aromatic nitrogens is 2. The first kappa shape index (κ1) is 18.5. The Hall–Kier alpha value is -3.28. The number of nitrogens with one attached hydrogen (secondary N) is 2. The Bertz CT molecular complexity index is 869. The molecule has 1 amide bonds. The van der Waals surface area contributed by atoms with Gasteiger partial charge in [0.25, 0.3) is 5.91 Å². The summed E-state index contributed by atoms with van der Waals surface area (Å²) in [6, 6.07) is 19.9. The lowest BCUT2D eigenvalue weighted by molar-refractivity contribution is 0.0947. The van der Waals surface area contributed by atoms with E-state index in [1.807, 2.05) is 18.2 Å². The van der Waals surface area contributed by atoms with Crippen LogP contribution in [0.2, 0.25) is 0 Å². The van der Waals surface area contributed by atoms with Gasteiger partial charge in [-0.2, -0.15) is 0 Å². The quantitative estimate of drug-likeness (QED) is 0.600. The molecule has 3 rings (SSSR count). The molecule has 1 heterocycles. The average molecular weight is 364 g/mol. The van der Waals surface area contributed by atoms with Crippen molar-refractivity contribution < 1.29 is 9.18 Å². The maximum Gasteiger partial charge on any atom is 0.271 e. The first-order valence-corrected chi connectivity index (χ1v) is 8.85. The fourth-order valence-corrected chi connectivity index (χ4v) is 2.60. The van der Waals surface area contributed by atoms with Gasteiger partial charge in [-0.1, -0.05) is 48.5 Å². The van der Waals surface area contributed by atoms with Crippen LogP contribution in [0.3, 0.4) is 0 Å². The number of hydrogen-bond acceptors (Lipinski definition) is 4. The number of halogens is 1. The fraction of sp³-hybridized carbons (Fsp3) is 0.190. The van der Waals surface area contributed by atoms with Gasteiger partial charge in [0.1, 0.15) is 11.6 Å². The van der Waals surface area contributed by atoms with Crippen LogP contribution < -0.4 is 10.6 Å². The van der Waals surface area contributed by atoms with Gasteiger partial charge >= 0.3 is 0 Å². The Balaban J connectivity index is 1.43. The predicted octanol–water partition coefficient (Wildman–Crippen LogP) is 3.59. The van der Waals surface area contributed by atoms with E-state index in [0.717, 1.165) is 12.8 Å². The summed E-state index contributed by atoms with van der Waals surface area (Å²) in [6.45, 7) is 0.870. The minimum absolute atomic E-state index is 0.254. The number of carbonyl (C=O) groups excluding carboxylic acids is 1. The zero-order valence-electron chi connectivity index (χ0n) is 14.9. The van der Waals surface area contributed by atoms with Gasteiger partial charge in [-0.05, 0) is 36.6 Å². The van der Waals surface area contributed by atoms with Gasteiger partial charge in [0.05, 0.1) is 0 Å². The molecule has 0 spiro atoms. The third-order valence-corrected chi connectivity index (χ3v) is 4.09. The zero-order chi connectivity index (χ0) is 18.9. The summed E-state index contributed by atoms with van der Waals surface area (Å²) in [5.74, 6) is -0.0421. The van der Waals surface area contributed by atoms with Crippen LogP contribution in [-0.4, -0.2) is 22.6 Å². The van der Waals surface area contributed by atoms with Crippen molar-refractivity contribution >= 4 is 11.7 Å². The molecule has 0 bridgehead atoms. The van der Waals surface area contributed by atoms with E-state index in [0.29, 0.717) is 24.5 Å². The molecule has 0 aliphatic rings. The molecule has 0 aliphatic carbocycles. The minimum Gasteiger partial charge on any atom is -0.364 e. The van der Waals surface area contributed by atoms with E-state index in [-0.39, 0.29) is 17.4 Å². The van der Waals surface area contributed by atoms with Crippen LogP contribution in [0.25, 0.3) is 0 Å². The molecule has 6 heteroatoms. The Kier molecular flexibility index (Phi) is 6.46. The highest BCUT2D eigenvalue weighted by atomic mass is 19.1. The molecule has 138 valence electrons. The largest absolute Gasteiger partial charge is 0.364 e. The van der Waals surface area contributed by atoms with E-state index in [9.17, 15) is 9.18 Å². The summed E-state index contributed by atoms with van der Waals surface area (Å²) in [5.41, 5.74) is 2.04. The molecule has 0 radical (unpaired) electrons. The van der Waals surface area contributed by atoms with E-state index in [1.54, 1.807) is 30.3 Å². The van der Waals surface area contributed by atoms with E-state index < -0.39 is 0 Å². The van der Waals surface area contributed by atoms with Crippen LogP contribution >= 0.6 is 0 Å². The van der Waals surface area contributed by atoms with E-state index in [2.05, 4.69) is 33.0 Å². The normalized spacial score (nSPS) is 10.4. The fourth-order valence-electron chi connectivity index (χ4n) is 2.60. The van der Waals surface area contributed by atoms with Crippen molar-refractivity contribution in [3.05, 3.63) is 89.4 Å². The molecule has 0 saturated heterocycles. The topological polar surface area (TPSA) is 66.9 Å². The Morgan fingerprint density at radius 3 is 2.44 bits per heavy atom. The monoisotopic (exact) mass is 364 g/mol. The average Bonchev–Trinajstić information content (AvgIpc) is 2.72. The second-order valence-corrected chi connectivity index (χ2v) is 6.09. The van der Waals surface area contributed by atoms with Gasteiger partial charge in [-0.15, -0.1) is 10.2 Å². The molecule has 2 aromatic carbocycles. The molecule has 0 saturated carbocycles. The van der Waals surface area contributed by atoms with Crippen molar-refractivity contribution in [1.29, 1.82) is 0 Å². The first-order valence-electron chi connectivity index (χ1n) is 8.85. The second kappa shape index (κ2) is 9.43. The van der Waals surface area contributed by atoms with Gasteiger partial charge in [0.2, 0.25) is 0 Å². The number of amides is 1. The maximum absolute atomic E-state index is 13.6. The van der Waals surface area contributed by atoms with Crippen molar-refractivity contribution in [2.45, 2.75) is 19.4 Å². The number of carbonyl (C=O) groups is 1. The highest BCUT2D eigenvalue weighted by molar-refractivity contribution is 5.92. The zero-order valence-corrected chi connectivity index (χ0v) is 14.9. The lowest BCUT2D eigenvalue weighted by Crippen LogP contribution is -2.26. The molecular formula is C21H21FN4O. The summed E-state index contributed by atoms with van der Waals surface area (Å²) in [5, 5.41) is 13.7. The van der Waals surface area contributed by atoms with Crippen molar-refractivity contribution in [3.8, 4) is 0 Å². The van der Waals surface area contributed by atoms with Crippen molar-refractivity contribution in [2.75, 3.05) is 11.9 Å². The van der Waals surface area contributed by atoms with Crippen molar-refractivity contribution in [2.24, 2.45) is 0 Å². The summed E-state index contributed by atoms with van der Waals surface area (Å²) in [7, 11) is 0. The summed E-state index contributed by atoms with van der Waals surface area (Å²) in [4.78, 5) is 12.1. The number of hydrogen-bond donors (Lipinski definition) is 2. The third-order valence-electron chi connectivity index (χ3n) is 4.09. The molecule has 27 heavy (non-hydrogen) atoms. The molecule has 0 unspecified atom stereocenters. The highest BCUT2D eigenvalue weighted by Gasteiger charge is 2.08. The summed E-state index contributed by atoms with van der Waals surface area (Å²) < 4.78 is 13.6. The third kappa shape index (κ3) is 5.60. The minimum atomic E-state index is -0.274. The van der Waals surface area contributed by atoms with Crippen LogP contribution in [0.15, 0.2) is 66.7 Å². The molecule has 5 nitrogen and oxygen atoms in total. The number of benzene rings is 2. The molecule has 3 aromatic rings. The van der Waals surface area contributed by atoms with E-state index >= 15 is 0 Å². The first-order chi connectivity index (χ1) is 13.2. The van der Waals surface area contributed by atoms with Gasteiger partial charge in [0, 0.05) is 18.7 Å². The number of aryl methyl sites for hydroxylation is 1. The Labute approximate surface area is 157 Å². The number of anilines is 1. The summed E-state index contributed by atoms with van der Waals surface area (Å²) >= 11 is 0. The molecule has 0 aliphatic heterocycles. The molecule has 1 aromatic heterocycles. The van der Waals surface area contributed by atoms with Crippen LogP contribution in [0.5, 0.6) is 0 Å². The Morgan fingerprint density at radius 2 is 1.70 bits per heavy atom. The van der Waals surface area contributed by atoms with Crippen LogP contribution in [-0.2, 0) is 13.0 Å². The lowest BCUT2D eigenvalue weighted by atomic mass is 10.1. The molecule has 0 atom stereocenters. The number of nitrogens with zero attached hydrogens (tertiary/aromatic N) is 2. The van der Waals surface area contributed by atoms with Crippen molar-refractivity contribution in [3.63, 3.8) is 0 Å². The second-order valence-electron chi connectivity index (χ2n) is 6.09. The molecular weight excluding hydrogens is 343 g/mol. The van der Waals surface area contributed by atoms with Crippen LogP contribution in [0.4, 0.5) is 10.2 Å². The lowest BCUT2D eigenvalue weighted by Gasteiger charge is -2.07. The molecule has 0 fully saturated rings. The van der Waals surface area contributed by atoms with Gasteiger partial charge in [0.15, 0.2) is 5.69 Å². The van der Waals surface area contributed by atoms with Crippen molar-refractivity contribution in [1.82, 2.24) is 15.5 Å². The van der Waals surface area contributed by atoms with Gasteiger partial charge < -0.3 is 10.6 Å². The standard InChI is InChI=1S/C21H21FN4O/c22-18-11-5-4-10-17(18)15-24-20-13-12-19(25-26-20)21(27)23-14-6-9-16-7-2-1-3-8-16/h1-5,7-8,10-13H,6,9,14-15H2,(H,23,27)(H,24,26).